The van der Waals surface area contributed by atoms with Crippen LogP contribution >= 0.6 is 0 Å². The molecular weight excluding hydrogens is 226 g/mol. The van der Waals surface area contributed by atoms with Crippen LogP contribution in [-0.4, -0.2) is 35.5 Å². The molecule has 1 unspecified atom stereocenters. The van der Waals surface area contributed by atoms with Crippen LogP contribution in [0.3, 0.4) is 0 Å². The molecule has 1 heterocycles. The summed E-state index contributed by atoms with van der Waals surface area (Å²) in [6.45, 7) is 5.25. The van der Waals surface area contributed by atoms with Gasteiger partial charge in [0.05, 0.1) is 12.2 Å². The maximum Gasteiger partial charge on any atom is 0.0645 e. The van der Waals surface area contributed by atoms with E-state index in [4.69, 9.17) is 4.74 Å². The van der Waals surface area contributed by atoms with Crippen LogP contribution in [0.5, 0.6) is 0 Å². The molecule has 3 heteroatoms. The average Bonchev–Trinajstić information content (AvgIpc) is 2.56. The van der Waals surface area contributed by atoms with E-state index in [0.717, 1.165) is 19.4 Å². The van der Waals surface area contributed by atoms with Crippen molar-refractivity contribution in [3.63, 3.8) is 0 Å². The van der Waals surface area contributed by atoms with Crippen LogP contribution in [0.15, 0.2) is 0 Å². The van der Waals surface area contributed by atoms with E-state index in [-0.39, 0.29) is 17.7 Å². The van der Waals surface area contributed by atoms with Crippen molar-refractivity contribution in [3.8, 4) is 0 Å². The molecule has 0 amide bonds. The first-order valence-electron chi connectivity index (χ1n) is 7.58. The number of ether oxygens (including phenoxy) is 1. The van der Waals surface area contributed by atoms with E-state index in [1.807, 2.05) is 0 Å². The van der Waals surface area contributed by atoms with Gasteiger partial charge in [-0.1, -0.05) is 25.7 Å². The smallest absolute Gasteiger partial charge is 0.0645 e. The van der Waals surface area contributed by atoms with E-state index in [1.54, 1.807) is 0 Å². The third-order valence-corrected chi connectivity index (χ3v) is 4.51. The van der Waals surface area contributed by atoms with Gasteiger partial charge in [-0.15, -0.1) is 0 Å². The monoisotopic (exact) mass is 255 g/mol. The number of aliphatic hydroxyl groups excluding tert-OH is 1. The molecule has 0 radical (unpaired) electrons. The number of hydrogen-bond acceptors (Lipinski definition) is 3. The molecular formula is C15H29NO2. The Balaban J connectivity index is 1.98. The highest BCUT2D eigenvalue weighted by molar-refractivity contribution is 4.98. The molecule has 18 heavy (non-hydrogen) atoms. The maximum atomic E-state index is 9.86. The summed E-state index contributed by atoms with van der Waals surface area (Å²) in [6, 6.07) is 0.591. The van der Waals surface area contributed by atoms with Crippen molar-refractivity contribution in [1.82, 2.24) is 5.32 Å². The van der Waals surface area contributed by atoms with Gasteiger partial charge in [0.2, 0.25) is 0 Å². The summed E-state index contributed by atoms with van der Waals surface area (Å²) >= 11 is 0. The fourth-order valence-corrected chi connectivity index (χ4v) is 3.64. The highest BCUT2D eigenvalue weighted by Gasteiger charge is 2.41. The van der Waals surface area contributed by atoms with E-state index >= 15 is 0 Å². The Morgan fingerprint density at radius 2 is 1.83 bits per heavy atom. The molecule has 0 bridgehead atoms. The Hall–Kier alpha value is -0.120. The zero-order valence-corrected chi connectivity index (χ0v) is 12.0. The van der Waals surface area contributed by atoms with Gasteiger partial charge in [-0.25, -0.2) is 0 Å². The minimum absolute atomic E-state index is 0.112. The molecule has 2 rings (SSSR count). The van der Waals surface area contributed by atoms with Crippen molar-refractivity contribution in [2.24, 2.45) is 0 Å². The Morgan fingerprint density at radius 1 is 1.17 bits per heavy atom. The van der Waals surface area contributed by atoms with Crippen LogP contribution in [0.25, 0.3) is 0 Å². The van der Waals surface area contributed by atoms with Gasteiger partial charge in [0.15, 0.2) is 0 Å². The van der Waals surface area contributed by atoms with E-state index in [1.165, 1.54) is 38.5 Å². The SMILES string of the molecule is CC1(C)CC(CO)(NC2CCCCCC2)CCO1. The zero-order valence-electron chi connectivity index (χ0n) is 12.0. The highest BCUT2D eigenvalue weighted by atomic mass is 16.5. The molecule has 1 atom stereocenters. The Labute approximate surface area is 111 Å². The molecule has 1 aliphatic heterocycles. The lowest BCUT2D eigenvalue weighted by Gasteiger charge is -2.46. The molecule has 1 saturated heterocycles. The largest absolute Gasteiger partial charge is 0.394 e. The summed E-state index contributed by atoms with van der Waals surface area (Å²) in [5.74, 6) is 0. The lowest BCUT2D eigenvalue weighted by molar-refractivity contribution is -0.101. The molecule has 0 aromatic heterocycles. The Kier molecular flexibility index (Phi) is 4.68. The molecule has 2 fully saturated rings. The fourth-order valence-electron chi connectivity index (χ4n) is 3.64. The van der Waals surface area contributed by atoms with E-state index in [0.29, 0.717) is 6.04 Å². The zero-order chi connectivity index (χ0) is 13.1. The molecule has 1 aliphatic carbocycles. The van der Waals surface area contributed by atoms with Gasteiger partial charge in [0.25, 0.3) is 0 Å². The van der Waals surface area contributed by atoms with Crippen molar-refractivity contribution in [3.05, 3.63) is 0 Å². The van der Waals surface area contributed by atoms with Crippen molar-refractivity contribution in [2.45, 2.75) is 82.4 Å². The minimum atomic E-state index is -0.114. The second kappa shape index (κ2) is 5.89. The Bertz CT molecular complexity index is 259. The fraction of sp³-hybridized carbons (Fsp3) is 1.00. The van der Waals surface area contributed by atoms with Gasteiger partial charge in [-0.2, -0.15) is 0 Å². The number of hydrogen-bond donors (Lipinski definition) is 2. The normalized spacial score (nSPS) is 34.2. The predicted molar refractivity (Wildman–Crippen MR) is 73.7 cm³/mol. The van der Waals surface area contributed by atoms with Crippen LogP contribution in [0.2, 0.25) is 0 Å². The van der Waals surface area contributed by atoms with Gasteiger partial charge in [-0.05, 0) is 39.5 Å². The summed E-state index contributed by atoms with van der Waals surface area (Å²) in [6.07, 6.45) is 9.79. The molecule has 0 spiro atoms. The quantitative estimate of drug-likeness (QED) is 0.762. The van der Waals surface area contributed by atoms with Gasteiger partial charge < -0.3 is 15.2 Å². The topological polar surface area (TPSA) is 41.5 Å². The maximum absolute atomic E-state index is 9.86. The molecule has 0 aromatic carbocycles. The van der Waals surface area contributed by atoms with Gasteiger partial charge in [0.1, 0.15) is 0 Å². The Morgan fingerprint density at radius 3 is 2.39 bits per heavy atom. The highest BCUT2D eigenvalue weighted by Crippen LogP contribution is 2.33. The van der Waals surface area contributed by atoms with Gasteiger partial charge in [-0.3, -0.25) is 0 Å². The summed E-state index contributed by atoms with van der Waals surface area (Å²) in [7, 11) is 0. The second-order valence-electron chi connectivity index (χ2n) is 6.81. The summed E-state index contributed by atoms with van der Waals surface area (Å²) in [4.78, 5) is 0. The van der Waals surface area contributed by atoms with E-state index < -0.39 is 0 Å². The van der Waals surface area contributed by atoms with Crippen molar-refractivity contribution < 1.29 is 9.84 Å². The number of nitrogens with one attached hydrogen (secondary N) is 1. The lowest BCUT2D eigenvalue weighted by Crippen LogP contribution is -2.59. The lowest BCUT2D eigenvalue weighted by atomic mass is 9.81. The van der Waals surface area contributed by atoms with Crippen molar-refractivity contribution in [2.75, 3.05) is 13.2 Å². The molecule has 106 valence electrons. The minimum Gasteiger partial charge on any atom is -0.394 e. The summed E-state index contributed by atoms with van der Waals surface area (Å²) < 4.78 is 5.79. The van der Waals surface area contributed by atoms with Crippen LogP contribution in [0.4, 0.5) is 0 Å². The van der Waals surface area contributed by atoms with Gasteiger partial charge in [0, 0.05) is 18.2 Å². The number of aliphatic hydroxyl groups is 1. The van der Waals surface area contributed by atoms with E-state index in [2.05, 4.69) is 19.2 Å². The standard InChI is InChI=1S/C15H29NO2/c1-14(2)11-15(12-17,9-10-18-14)16-13-7-5-3-4-6-8-13/h13,16-17H,3-12H2,1-2H3. The van der Waals surface area contributed by atoms with Gasteiger partial charge >= 0.3 is 0 Å². The molecule has 2 aliphatic rings. The summed E-state index contributed by atoms with van der Waals surface area (Å²) in [5.41, 5.74) is -0.227. The van der Waals surface area contributed by atoms with Crippen LogP contribution < -0.4 is 5.32 Å². The first kappa shape index (κ1) is 14.3. The molecule has 2 N–H and O–H groups in total. The van der Waals surface area contributed by atoms with Crippen LogP contribution in [-0.2, 0) is 4.74 Å². The second-order valence-corrected chi connectivity index (χ2v) is 6.81. The first-order chi connectivity index (χ1) is 8.55. The predicted octanol–water partition coefficient (Wildman–Crippen LogP) is 2.62. The number of rotatable bonds is 3. The van der Waals surface area contributed by atoms with Crippen LogP contribution in [0, 0.1) is 0 Å². The molecule has 0 aromatic rings. The summed E-state index contributed by atoms with van der Waals surface area (Å²) in [5, 5.41) is 13.6. The van der Waals surface area contributed by atoms with Crippen molar-refractivity contribution >= 4 is 0 Å². The molecule has 3 nitrogen and oxygen atoms in total. The first-order valence-corrected chi connectivity index (χ1v) is 7.58. The van der Waals surface area contributed by atoms with E-state index in [9.17, 15) is 5.11 Å². The third-order valence-electron chi connectivity index (χ3n) is 4.51. The van der Waals surface area contributed by atoms with Crippen LogP contribution in [0.1, 0.15) is 65.2 Å². The molecule has 1 saturated carbocycles. The van der Waals surface area contributed by atoms with Crippen molar-refractivity contribution in [1.29, 1.82) is 0 Å². The third kappa shape index (κ3) is 3.69. The average molecular weight is 255 g/mol.